The molecule has 0 aliphatic heterocycles. The van der Waals surface area contributed by atoms with Gasteiger partial charge >= 0.3 is 0 Å². The summed E-state index contributed by atoms with van der Waals surface area (Å²) in [5.41, 5.74) is 0. The Morgan fingerprint density at radius 1 is 1.40 bits per heavy atom. The van der Waals surface area contributed by atoms with E-state index in [-0.39, 0.29) is 0 Å². The molecule has 0 unspecified atom stereocenters. The summed E-state index contributed by atoms with van der Waals surface area (Å²) in [6.07, 6.45) is 3.86. The van der Waals surface area contributed by atoms with Crippen LogP contribution in [0.1, 0.15) is 19.8 Å². The second kappa shape index (κ2) is 8.43. The van der Waals surface area contributed by atoms with E-state index in [1.165, 1.54) is 0 Å². The molecule has 0 aliphatic rings. The molecule has 0 amide bonds. The molecule has 0 aliphatic carbocycles. The van der Waals surface area contributed by atoms with Crippen molar-refractivity contribution in [2.45, 2.75) is 19.8 Å². The molecule has 0 fully saturated rings. The Balaban J connectivity index is 2.88. The van der Waals surface area contributed by atoms with E-state index in [0.717, 1.165) is 12.8 Å². The van der Waals surface area contributed by atoms with E-state index in [9.17, 15) is 0 Å². The van der Waals surface area contributed by atoms with Crippen molar-refractivity contribution in [3.63, 3.8) is 0 Å². The minimum absolute atomic E-state index is 0.538. The van der Waals surface area contributed by atoms with Crippen LogP contribution in [-0.2, 0) is 9.57 Å². The summed E-state index contributed by atoms with van der Waals surface area (Å²) in [6.45, 7) is 3.24. The van der Waals surface area contributed by atoms with Gasteiger partial charge in [0, 0.05) is 13.3 Å². The van der Waals surface area contributed by atoms with E-state index >= 15 is 0 Å². The van der Waals surface area contributed by atoms with Gasteiger partial charge in [-0.25, -0.2) is 0 Å². The monoisotopic (exact) mass is 145 g/mol. The third kappa shape index (κ3) is 7.43. The number of methoxy groups -OCH3 is 1. The zero-order valence-electron chi connectivity index (χ0n) is 6.67. The molecule has 0 spiro atoms. The molecule has 0 aromatic rings. The largest absolute Gasteiger partial charge is 0.394 e. The van der Waals surface area contributed by atoms with Gasteiger partial charge in [0.15, 0.2) is 0 Å². The first kappa shape index (κ1) is 9.43. The van der Waals surface area contributed by atoms with Crippen LogP contribution in [0.4, 0.5) is 0 Å². The van der Waals surface area contributed by atoms with Crippen LogP contribution in [0, 0.1) is 0 Å². The summed E-state index contributed by atoms with van der Waals surface area (Å²) < 4.78 is 4.75. The molecule has 3 nitrogen and oxygen atoms in total. The SMILES string of the molecule is CCC/C=N/OCCOC. The lowest BCUT2D eigenvalue weighted by molar-refractivity contribution is 0.0756. The van der Waals surface area contributed by atoms with Crippen LogP contribution in [-0.4, -0.2) is 26.5 Å². The van der Waals surface area contributed by atoms with Gasteiger partial charge in [-0.1, -0.05) is 18.5 Å². The Morgan fingerprint density at radius 3 is 2.80 bits per heavy atom. The lowest BCUT2D eigenvalue weighted by Crippen LogP contribution is -1.96. The number of rotatable bonds is 6. The van der Waals surface area contributed by atoms with Crippen molar-refractivity contribution >= 4 is 6.21 Å². The number of oxime groups is 1. The fourth-order valence-electron chi connectivity index (χ4n) is 0.408. The molecule has 3 heteroatoms. The second-order valence-electron chi connectivity index (χ2n) is 1.90. The number of nitrogens with zero attached hydrogens (tertiary/aromatic N) is 1. The Labute approximate surface area is 62.0 Å². The zero-order chi connectivity index (χ0) is 7.66. The lowest BCUT2D eigenvalue weighted by atomic mass is 10.4. The number of hydrogen-bond acceptors (Lipinski definition) is 3. The van der Waals surface area contributed by atoms with Crippen LogP contribution in [0.3, 0.4) is 0 Å². The van der Waals surface area contributed by atoms with Crippen molar-refractivity contribution in [1.82, 2.24) is 0 Å². The third-order valence-electron chi connectivity index (χ3n) is 0.946. The van der Waals surface area contributed by atoms with Gasteiger partial charge in [-0.05, 0) is 6.42 Å². The molecule has 0 rings (SSSR count). The molecule has 0 atom stereocenters. The van der Waals surface area contributed by atoms with E-state index < -0.39 is 0 Å². The molecule has 60 valence electrons. The van der Waals surface area contributed by atoms with E-state index in [1.54, 1.807) is 13.3 Å². The average molecular weight is 145 g/mol. The predicted molar refractivity (Wildman–Crippen MR) is 41.2 cm³/mol. The smallest absolute Gasteiger partial charge is 0.140 e. The molecule has 10 heavy (non-hydrogen) atoms. The second-order valence-corrected chi connectivity index (χ2v) is 1.90. The van der Waals surface area contributed by atoms with Crippen LogP contribution >= 0.6 is 0 Å². The van der Waals surface area contributed by atoms with Crippen molar-refractivity contribution in [3.05, 3.63) is 0 Å². The molecule has 0 heterocycles. The van der Waals surface area contributed by atoms with Crippen LogP contribution in [0.25, 0.3) is 0 Å². The minimum atomic E-state index is 0.538. The third-order valence-corrected chi connectivity index (χ3v) is 0.946. The quantitative estimate of drug-likeness (QED) is 0.321. The van der Waals surface area contributed by atoms with Crippen molar-refractivity contribution in [2.75, 3.05) is 20.3 Å². The Morgan fingerprint density at radius 2 is 2.20 bits per heavy atom. The standard InChI is InChI=1S/C7H15NO2/c1-3-4-5-8-10-7-6-9-2/h5H,3-4,6-7H2,1-2H3/b8-5+. The molecular weight excluding hydrogens is 130 g/mol. The van der Waals surface area contributed by atoms with Crippen molar-refractivity contribution in [2.24, 2.45) is 5.16 Å². The first-order valence-electron chi connectivity index (χ1n) is 3.54. The first-order valence-corrected chi connectivity index (χ1v) is 3.54. The first-order chi connectivity index (χ1) is 4.91. The number of ether oxygens (including phenoxy) is 1. The lowest BCUT2D eigenvalue weighted by Gasteiger charge is -1.95. The highest BCUT2D eigenvalue weighted by molar-refractivity contribution is 5.55. The molecule has 0 aromatic heterocycles. The predicted octanol–water partition coefficient (Wildman–Crippen LogP) is 1.44. The Hall–Kier alpha value is -0.570. The van der Waals surface area contributed by atoms with Crippen molar-refractivity contribution in [3.8, 4) is 0 Å². The normalized spacial score (nSPS) is 10.6. The summed E-state index contributed by atoms with van der Waals surface area (Å²) in [6, 6.07) is 0. The molecule has 0 N–H and O–H groups in total. The highest BCUT2D eigenvalue weighted by Gasteiger charge is 1.79. The zero-order valence-corrected chi connectivity index (χ0v) is 6.67. The van der Waals surface area contributed by atoms with E-state index in [0.29, 0.717) is 13.2 Å². The number of hydrogen-bond donors (Lipinski definition) is 0. The van der Waals surface area contributed by atoms with E-state index in [1.807, 2.05) is 0 Å². The van der Waals surface area contributed by atoms with Crippen LogP contribution in [0.5, 0.6) is 0 Å². The number of unbranched alkanes of at least 4 members (excludes halogenated alkanes) is 1. The van der Waals surface area contributed by atoms with Crippen molar-refractivity contribution in [1.29, 1.82) is 0 Å². The Kier molecular flexibility index (Phi) is 7.95. The van der Waals surface area contributed by atoms with E-state index in [4.69, 9.17) is 9.57 Å². The summed E-state index contributed by atoms with van der Waals surface area (Å²) >= 11 is 0. The summed E-state index contributed by atoms with van der Waals surface area (Å²) in [4.78, 5) is 4.82. The highest BCUT2D eigenvalue weighted by Crippen LogP contribution is 1.82. The van der Waals surface area contributed by atoms with Gasteiger partial charge in [0.05, 0.1) is 6.61 Å². The summed E-state index contributed by atoms with van der Waals surface area (Å²) in [7, 11) is 1.64. The van der Waals surface area contributed by atoms with Gasteiger partial charge in [0.1, 0.15) is 6.61 Å². The van der Waals surface area contributed by atoms with Crippen LogP contribution in [0.15, 0.2) is 5.16 Å². The van der Waals surface area contributed by atoms with Gasteiger partial charge in [0.25, 0.3) is 0 Å². The van der Waals surface area contributed by atoms with Crippen LogP contribution in [0.2, 0.25) is 0 Å². The maximum absolute atomic E-state index is 4.82. The maximum atomic E-state index is 4.82. The molecule has 0 radical (unpaired) electrons. The van der Waals surface area contributed by atoms with Gasteiger partial charge < -0.3 is 9.57 Å². The minimum Gasteiger partial charge on any atom is -0.394 e. The molecule has 0 aromatic carbocycles. The van der Waals surface area contributed by atoms with E-state index in [2.05, 4.69) is 12.1 Å². The summed E-state index contributed by atoms with van der Waals surface area (Å²) in [5.74, 6) is 0. The maximum Gasteiger partial charge on any atom is 0.140 e. The fraction of sp³-hybridized carbons (Fsp3) is 0.857. The molecular formula is C7H15NO2. The molecule has 0 saturated heterocycles. The Bertz CT molecular complexity index is 83.7. The van der Waals surface area contributed by atoms with Gasteiger partial charge in [-0.2, -0.15) is 0 Å². The van der Waals surface area contributed by atoms with Crippen LogP contribution < -0.4 is 0 Å². The highest BCUT2D eigenvalue weighted by atomic mass is 16.6. The average Bonchev–Trinajstić information content (AvgIpc) is 1.97. The molecule has 0 saturated carbocycles. The fourth-order valence-corrected chi connectivity index (χ4v) is 0.408. The van der Waals surface area contributed by atoms with Crippen molar-refractivity contribution < 1.29 is 9.57 Å². The topological polar surface area (TPSA) is 30.8 Å². The van der Waals surface area contributed by atoms with Gasteiger partial charge in [-0.15, -0.1) is 0 Å². The molecule has 0 bridgehead atoms. The summed E-state index contributed by atoms with van der Waals surface area (Å²) in [5, 5.41) is 3.69. The van der Waals surface area contributed by atoms with Gasteiger partial charge in [0.2, 0.25) is 0 Å². The van der Waals surface area contributed by atoms with Gasteiger partial charge in [-0.3, -0.25) is 0 Å².